The molecule has 1 heterocycles. The van der Waals surface area contributed by atoms with Gasteiger partial charge in [-0.15, -0.1) is 0 Å². The summed E-state index contributed by atoms with van der Waals surface area (Å²) < 4.78 is 5.05. The second kappa shape index (κ2) is 7.02. The van der Waals surface area contributed by atoms with Gasteiger partial charge in [0, 0.05) is 37.8 Å². The van der Waals surface area contributed by atoms with Crippen molar-refractivity contribution in [2.45, 2.75) is 0 Å². The molecule has 0 radical (unpaired) electrons. The Hall–Kier alpha value is -1.92. The minimum Gasteiger partial charge on any atom is -0.399 e. The third-order valence-corrected chi connectivity index (χ3v) is 3.12. The van der Waals surface area contributed by atoms with E-state index >= 15 is 0 Å². The molecule has 0 spiro atoms. The summed E-state index contributed by atoms with van der Waals surface area (Å²) in [6.07, 6.45) is 1.56. The van der Waals surface area contributed by atoms with E-state index in [1.54, 1.807) is 13.4 Å². The summed E-state index contributed by atoms with van der Waals surface area (Å²) in [5, 5.41) is 4.28. The van der Waals surface area contributed by atoms with Crippen molar-refractivity contribution < 1.29 is 4.74 Å². The standard InChI is InChI=1S/C14H21N5O/c1-19(7-8-20-2)6-5-16-14-12-9-11(15)3-4-13(12)17-10-18-14/h3-4,9-10H,5-8,15H2,1-2H3,(H,16,17,18). The van der Waals surface area contributed by atoms with Crippen molar-refractivity contribution in [1.29, 1.82) is 0 Å². The molecule has 0 atom stereocenters. The van der Waals surface area contributed by atoms with Gasteiger partial charge in [0.25, 0.3) is 0 Å². The Morgan fingerprint density at radius 3 is 2.95 bits per heavy atom. The van der Waals surface area contributed by atoms with Gasteiger partial charge < -0.3 is 20.7 Å². The number of nitrogens with two attached hydrogens (primary N) is 1. The van der Waals surface area contributed by atoms with Gasteiger partial charge in [-0.1, -0.05) is 0 Å². The topological polar surface area (TPSA) is 76.3 Å². The summed E-state index contributed by atoms with van der Waals surface area (Å²) in [7, 11) is 3.78. The summed E-state index contributed by atoms with van der Waals surface area (Å²) in [5.41, 5.74) is 7.43. The molecule has 0 saturated carbocycles. The Morgan fingerprint density at radius 1 is 1.30 bits per heavy atom. The van der Waals surface area contributed by atoms with E-state index in [1.165, 1.54) is 0 Å². The molecule has 0 aliphatic heterocycles. The predicted molar refractivity (Wildman–Crippen MR) is 81.8 cm³/mol. The number of methoxy groups -OCH3 is 1. The second-order valence-corrected chi connectivity index (χ2v) is 4.72. The van der Waals surface area contributed by atoms with Crippen molar-refractivity contribution in [2.24, 2.45) is 0 Å². The molecule has 0 fully saturated rings. The average molecular weight is 275 g/mol. The number of fused-ring (bicyclic) bond motifs is 1. The minimum absolute atomic E-state index is 0.715. The molecule has 6 nitrogen and oxygen atoms in total. The number of nitrogens with one attached hydrogen (secondary N) is 1. The van der Waals surface area contributed by atoms with Gasteiger partial charge in [-0.25, -0.2) is 9.97 Å². The number of ether oxygens (including phenoxy) is 1. The highest BCUT2D eigenvalue weighted by Crippen LogP contribution is 2.21. The minimum atomic E-state index is 0.715. The third kappa shape index (κ3) is 3.79. The lowest BCUT2D eigenvalue weighted by molar-refractivity contribution is 0.163. The van der Waals surface area contributed by atoms with E-state index in [2.05, 4.69) is 27.2 Å². The maximum Gasteiger partial charge on any atom is 0.137 e. The van der Waals surface area contributed by atoms with Gasteiger partial charge in [0.1, 0.15) is 12.1 Å². The molecule has 0 aliphatic rings. The monoisotopic (exact) mass is 275 g/mol. The van der Waals surface area contributed by atoms with Gasteiger partial charge in [-0.2, -0.15) is 0 Å². The van der Waals surface area contributed by atoms with E-state index in [-0.39, 0.29) is 0 Å². The van der Waals surface area contributed by atoms with E-state index in [0.29, 0.717) is 5.69 Å². The van der Waals surface area contributed by atoms with Gasteiger partial charge in [0.05, 0.1) is 12.1 Å². The molecule has 2 rings (SSSR count). The van der Waals surface area contributed by atoms with Crippen LogP contribution in [0, 0.1) is 0 Å². The van der Waals surface area contributed by atoms with E-state index < -0.39 is 0 Å². The highest BCUT2D eigenvalue weighted by molar-refractivity contribution is 5.91. The van der Waals surface area contributed by atoms with Crippen LogP contribution in [0.4, 0.5) is 11.5 Å². The fourth-order valence-electron chi connectivity index (χ4n) is 1.94. The largest absolute Gasteiger partial charge is 0.399 e. The Labute approximate surface area is 119 Å². The highest BCUT2D eigenvalue weighted by Gasteiger charge is 2.04. The lowest BCUT2D eigenvalue weighted by Crippen LogP contribution is -2.28. The number of likely N-dealkylation sites (N-methyl/N-ethyl adjacent to an activating group) is 1. The zero-order valence-corrected chi connectivity index (χ0v) is 12.0. The molecule has 0 unspecified atom stereocenters. The smallest absolute Gasteiger partial charge is 0.137 e. The summed E-state index contributed by atoms with van der Waals surface area (Å²) in [6.45, 7) is 3.37. The predicted octanol–water partition coefficient (Wildman–Crippen LogP) is 1.20. The van der Waals surface area contributed by atoms with Gasteiger partial charge in [-0.05, 0) is 25.2 Å². The quantitative estimate of drug-likeness (QED) is 0.740. The number of hydrogen-bond acceptors (Lipinski definition) is 6. The first-order valence-electron chi connectivity index (χ1n) is 6.62. The van der Waals surface area contributed by atoms with E-state index in [1.807, 2.05) is 18.2 Å². The van der Waals surface area contributed by atoms with Crippen LogP contribution in [0.2, 0.25) is 0 Å². The molecule has 1 aromatic carbocycles. The summed E-state index contributed by atoms with van der Waals surface area (Å²) in [6, 6.07) is 5.65. The zero-order chi connectivity index (χ0) is 14.4. The summed E-state index contributed by atoms with van der Waals surface area (Å²) in [4.78, 5) is 10.7. The lowest BCUT2D eigenvalue weighted by atomic mass is 10.2. The van der Waals surface area contributed by atoms with Crippen molar-refractivity contribution >= 4 is 22.4 Å². The van der Waals surface area contributed by atoms with Crippen LogP contribution in [0.25, 0.3) is 10.9 Å². The molecule has 1 aromatic heterocycles. The Balaban J connectivity index is 1.98. The SMILES string of the molecule is COCCN(C)CCNc1ncnc2ccc(N)cc12. The molecule has 0 bridgehead atoms. The molecule has 108 valence electrons. The van der Waals surface area contributed by atoms with Crippen molar-refractivity contribution in [3.05, 3.63) is 24.5 Å². The number of nitrogen functional groups attached to an aromatic ring is 1. The zero-order valence-electron chi connectivity index (χ0n) is 12.0. The first kappa shape index (κ1) is 14.5. The molecule has 20 heavy (non-hydrogen) atoms. The molecular weight excluding hydrogens is 254 g/mol. The molecular formula is C14H21N5O. The maximum absolute atomic E-state index is 5.82. The molecule has 0 aliphatic carbocycles. The molecule has 2 aromatic rings. The number of anilines is 2. The van der Waals surface area contributed by atoms with Crippen LogP contribution in [0.3, 0.4) is 0 Å². The van der Waals surface area contributed by atoms with Gasteiger partial charge >= 0.3 is 0 Å². The van der Waals surface area contributed by atoms with Gasteiger partial charge in [-0.3, -0.25) is 0 Å². The average Bonchev–Trinajstić information content (AvgIpc) is 2.45. The number of rotatable bonds is 7. The van der Waals surface area contributed by atoms with Crippen LogP contribution in [0.1, 0.15) is 0 Å². The van der Waals surface area contributed by atoms with E-state index in [4.69, 9.17) is 10.5 Å². The second-order valence-electron chi connectivity index (χ2n) is 4.72. The fraction of sp³-hybridized carbons (Fsp3) is 0.429. The Morgan fingerprint density at radius 2 is 2.15 bits per heavy atom. The van der Waals surface area contributed by atoms with Crippen LogP contribution in [-0.4, -0.2) is 55.3 Å². The van der Waals surface area contributed by atoms with Crippen LogP contribution < -0.4 is 11.1 Å². The van der Waals surface area contributed by atoms with Gasteiger partial charge in [0.2, 0.25) is 0 Å². The van der Waals surface area contributed by atoms with Crippen LogP contribution in [0.5, 0.6) is 0 Å². The number of aromatic nitrogens is 2. The highest BCUT2D eigenvalue weighted by atomic mass is 16.5. The number of hydrogen-bond donors (Lipinski definition) is 2. The number of nitrogens with zero attached hydrogens (tertiary/aromatic N) is 3. The van der Waals surface area contributed by atoms with Crippen LogP contribution >= 0.6 is 0 Å². The van der Waals surface area contributed by atoms with Crippen molar-refractivity contribution in [3.8, 4) is 0 Å². The van der Waals surface area contributed by atoms with Crippen molar-refractivity contribution in [3.63, 3.8) is 0 Å². The summed E-state index contributed by atoms with van der Waals surface area (Å²) >= 11 is 0. The first-order chi connectivity index (χ1) is 9.70. The van der Waals surface area contributed by atoms with E-state index in [0.717, 1.165) is 43.0 Å². The summed E-state index contributed by atoms with van der Waals surface area (Å²) in [5.74, 6) is 0.822. The third-order valence-electron chi connectivity index (χ3n) is 3.12. The molecule has 3 N–H and O–H groups in total. The van der Waals surface area contributed by atoms with Crippen molar-refractivity contribution in [2.75, 3.05) is 51.4 Å². The van der Waals surface area contributed by atoms with Gasteiger partial charge in [0.15, 0.2) is 0 Å². The number of benzene rings is 1. The fourth-order valence-corrected chi connectivity index (χ4v) is 1.94. The normalized spacial score (nSPS) is 11.2. The molecule has 0 saturated heterocycles. The Kier molecular flexibility index (Phi) is 5.09. The van der Waals surface area contributed by atoms with E-state index in [9.17, 15) is 0 Å². The first-order valence-corrected chi connectivity index (χ1v) is 6.62. The molecule has 0 amide bonds. The van der Waals surface area contributed by atoms with Crippen molar-refractivity contribution in [1.82, 2.24) is 14.9 Å². The lowest BCUT2D eigenvalue weighted by Gasteiger charge is -2.16. The molecule has 6 heteroatoms. The van der Waals surface area contributed by atoms with Crippen LogP contribution in [-0.2, 0) is 4.74 Å². The Bertz CT molecular complexity index is 560. The van der Waals surface area contributed by atoms with Crippen LogP contribution in [0.15, 0.2) is 24.5 Å². The maximum atomic E-state index is 5.82.